The first-order valence-corrected chi connectivity index (χ1v) is 8.25. The van der Waals surface area contributed by atoms with Gasteiger partial charge in [-0.05, 0) is 38.9 Å². The van der Waals surface area contributed by atoms with Crippen molar-refractivity contribution in [3.8, 4) is 0 Å². The number of amides is 2. The number of nitrogens with zero attached hydrogens (tertiary/aromatic N) is 1. The molecule has 0 radical (unpaired) electrons. The third-order valence-corrected chi connectivity index (χ3v) is 4.08. The molecular weight excluding hydrogens is 297 g/mol. The van der Waals surface area contributed by atoms with E-state index in [1.54, 1.807) is 12.1 Å². The molecule has 0 bridgehead atoms. The minimum absolute atomic E-state index is 0.0246. The van der Waals surface area contributed by atoms with Crippen LogP contribution in [0.25, 0.3) is 0 Å². The molecule has 3 N–H and O–H groups in total. The smallest absolute Gasteiger partial charge is 0.315 e. The quantitative estimate of drug-likeness (QED) is 0.750. The van der Waals surface area contributed by atoms with Crippen molar-refractivity contribution in [2.45, 2.75) is 38.3 Å². The van der Waals surface area contributed by atoms with Gasteiger partial charge in [-0.2, -0.15) is 0 Å². The van der Waals surface area contributed by atoms with E-state index in [0.29, 0.717) is 0 Å². The van der Waals surface area contributed by atoms with Crippen LogP contribution in [0, 0.1) is 5.82 Å². The summed E-state index contributed by atoms with van der Waals surface area (Å²) in [7, 11) is 0. The lowest BCUT2D eigenvalue weighted by Crippen LogP contribution is -2.47. The summed E-state index contributed by atoms with van der Waals surface area (Å²) >= 11 is 0. The first-order valence-electron chi connectivity index (χ1n) is 8.25. The van der Waals surface area contributed by atoms with Crippen LogP contribution < -0.4 is 10.6 Å². The molecule has 2 rings (SSSR count). The number of hydrogen-bond donors (Lipinski definition) is 3. The maximum absolute atomic E-state index is 13.5. The van der Waals surface area contributed by atoms with Gasteiger partial charge in [0.05, 0.1) is 6.10 Å². The van der Waals surface area contributed by atoms with Gasteiger partial charge in [0.25, 0.3) is 0 Å². The molecule has 1 aliphatic heterocycles. The molecule has 0 spiro atoms. The van der Waals surface area contributed by atoms with E-state index in [0.717, 1.165) is 19.6 Å². The maximum Gasteiger partial charge on any atom is 0.315 e. The van der Waals surface area contributed by atoms with Crippen LogP contribution in [0.3, 0.4) is 0 Å². The van der Waals surface area contributed by atoms with Crippen molar-refractivity contribution in [2.75, 3.05) is 26.2 Å². The van der Waals surface area contributed by atoms with Crippen molar-refractivity contribution in [3.63, 3.8) is 0 Å². The molecule has 0 aliphatic carbocycles. The molecule has 1 aliphatic rings. The topological polar surface area (TPSA) is 64.6 Å². The lowest BCUT2D eigenvalue weighted by Gasteiger charge is -2.29. The number of aliphatic hydroxyl groups excluding tert-OH is 1. The molecule has 1 saturated heterocycles. The number of rotatable bonds is 6. The fourth-order valence-corrected chi connectivity index (χ4v) is 2.89. The molecule has 6 heteroatoms. The predicted octanol–water partition coefficient (Wildman–Crippen LogP) is 2.03. The van der Waals surface area contributed by atoms with E-state index in [4.69, 9.17) is 0 Å². The molecule has 5 nitrogen and oxygen atoms in total. The van der Waals surface area contributed by atoms with E-state index in [9.17, 15) is 14.3 Å². The Bertz CT molecular complexity index is 506. The third kappa shape index (κ3) is 5.80. The summed E-state index contributed by atoms with van der Waals surface area (Å²) in [6, 6.07) is 5.71. The normalized spacial score (nSPS) is 18.2. The highest BCUT2D eigenvalue weighted by molar-refractivity contribution is 5.74. The van der Waals surface area contributed by atoms with Gasteiger partial charge in [0, 0.05) is 24.7 Å². The molecule has 1 aromatic rings. The van der Waals surface area contributed by atoms with E-state index < -0.39 is 11.9 Å². The van der Waals surface area contributed by atoms with Gasteiger partial charge < -0.3 is 20.6 Å². The van der Waals surface area contributed by atoms with Gasteiger partial charge in [-0.25, -0.2) is 9.18 Å². The predicted molar refractivity (Wildman–Crippen MR) is 87.6 cm³/mol. The molecule has 1 heterocycles. The zero-order chi connectivity index (χ0) is 16.7. The number of urea groups is 1. The number of benzene rings is 1. The number of carbonyl (C=O) groups excluding carboxylic acids is 1. The van der Waals surface area contributed by atoms with Gasteiger partial charge in [0.1, 0.15) is 5.82 Å². The summed E-state index contributed by atoms with van der Waals surface area (Å²) in [5.74, 6) is -0.472. The van der Waals surface area contributed by atoms with Crippen molar-refractivity contribution in [3.05, 3.63) is 35.6 Å². The lowest BCUT2D eigenvalue weighted by atomic mass is 10.1. The van der Waals surface area contributed by atoms with Gasteiger partial charge >= 0.3 is 6.03 Å². The highest BCUT2D eigenvalue weighted by atomic mass is 19.1. The summed E-state index contributed by atoms with van der Waals surface area (Å²) in [5.41, 5.74) is 0.189. The molecular formula is C17H26FN3O2. The molecule has 0 aromatic heterocycles. The summed E-state index contributed by atoms with van der Waals surface area (Å²) in [4.78, 5) is 14.2. The summed E-state index contributed by atoms with van der Waals surface area (Å²) in [6.07, 6.45) is 2.66. The number of aliphatic hydroxyl groups is 1. The fraction of sp³-hybridized carbons (Fsp3) is 0.588. The Labute approximate surface area is 136 Å². The number of hydrogen-bond acceptors (Lipinski definition) is 3. The Morgan fingerprint density at radius 1 is 1.30 bits per heavy atom. The van der Waals surface area contributed by atoms with Crippen LogP contribution in [0.4, 0.5) is 9.18 Å². The molecule has 1 aromatic carbocycles. The standard InChI is InChI=1S/C17H26FN3O2/c1-13(12-21-9-5-2-6-10-21)20-17(23)19-11-16(22)14-7-3-4-8-15(14)18/h3-4,7-8,13,16,22H,2,5-6,9-12H2,1H3,(H2,19,20,23). The van der Waals surface area contributed by atoms with Crippen LogP contribution in [0.5, 0.6) is 0 Å². The van der Waals surface area contributed by atoms with Crippen molar-refractivity contribution in [1.29, 1.82) is 0 Å². The van der Waals surface area contributed by atoms with Crippen molar-refractivity contribution < 1.29 is 14.3 Å². The van der Waals surface area contributed by atoms with Crippen molar-refractivity contribution in [2.24, 2.45) is 0 Å². The minimum atomic E-state index is -1.06. The van der Waals surface area contributed by atoms with Crippen LogP contribution in [0.1, 0.15) is 37.9 Å². The van der Waals surface area contributed by atoms with E-state index in [2.05, 4.69) is 15.5 Å². The van der Waals surface area contributed by atoms with Crippen LogP contribution in [-0.2, 0) is 0 Å². The Morgan fingerprint density at radius 3 is 2.70 bits per heavy atom. The monoisotopic (exact) mass is 323 g/mol. The summed E-state index contributed by atoms with van der Waals surface area (Å²) in [6.45, 7) is 4.92. The maximum atomic E-state index is 13.5. The first kappa shape index (κ1) is 17.7. The van der Waals surface area contributed by atoms with E-state index in [1.807, 2.05) is 6.92 Å². The zero-order valence-corrected chi connectivity index (χ0v) is 13.6. The fourth-order valence-electron chi connectivity index (χ4n) is 2.89. The van der Waals surface area contributed by atoms with Gasteiger partial charge in [0.2, 0.25) is 0 Å². The number of likely N-dealkylation sites (tertiary alicyclic amines) is 1. The van der Waals surface area contributed by atoms with Gasteiger partial charge in [-0.15, -0.1) is 0 Å². The van der Waals surface area contributed by atoms with E-state index >= 15 is 0 Å². The van der Waals surface area contributed by atoms with E-state index in [1.165, 1.54) is 31.4 Å². The second-order valence-corrected chi connectivity index (χ2v) is 6.15. The molecule has 2 unspecified atom stereocenters. The van der Waals surface area contributed by atoms with E-state index in [-0.39, 0.29) is 24.2 Å². The first-order chi connectivity index (χ1) is 11.1. The molecule has 23 heavy (non-hydrogen) atoms. The molecule has 0 saturated carbocycles. The Hall–Kier alpha value is -1.66. The Kier molecular flexibility index (Phi) is 6.80. The Balaban J connectivity index is 1.70. The van der Waals surface area contributed by atoms with Crippen LogP contribution in [-0.4, -0.2) is 48.3 Å². The number of carbonyl (C=O) groups is 1. The average Bonchev–Trinajstić information content (AvgIpc) is 2.54. The molecule has 2 amide bonds. The highest BCUT2D eigenvalue weighted by Gasteiger charge is 2.16. The molecule has 128 valence electrons. The average molecular weight is 323 g/mol. The van der Waals surface area contributed by atoms with Gasteiger partial charge in [-0.1, -0.05) is 24.6 Å². The summed E-state index contributed by atoms with van der Waals surface area (Å²) in [5, 5.41) is 15.4. The second kappa shape index (κ2) is 8.84. The van der Waals surface area contributed by atoms with Crippen LogP contribution >= 0.6 is 0 Å². The van der Waals surface area contributed by atoms with Crippen molar-refractivity contribution >= 4 is 6.03 Å². The zero-order valence-electron chi connectivity index (χ0n) is 13.6. The van der Waals surface area contributed by atoms with Crippen LogP contribution in [0.15, 0.2) is 24.3 Å². The van der Waals surface area contributed by atoms with Crippen LogP contribution in [0.2, 0.25) is 0 Å². The number of halogens is 1. The summed E-state index contributed by atoms with van der Waals surface area (Å²) < 4.78 is 13.5. The van der Waals surface area contributed by atoms with Crippen molar-refractivity contribution in [1.82, 2.24) is 15.5 Å². The lowest BCUT2D eigenvalue weighted by molar-refractivity contribution is 0.167. The third-order valence-electron chi connectivity index (χ3n) is 4.08. The van der Waals surface area contributed by atoms with Gasteiger partial charge in [0.15, 0.2) is 0 Å². The second-order valence-electron chi connectivity index (χ2n) is 6.15. The SMILES string of the molecule is CC(CN1CCCCC1)NC(=O)NCC(O)c1ccccc1F. The number of nitrogens with one attached hydrogen (secondary N) is 2. The Morgan fingerprint density at radius 2 is 2.00 bits per heavy atom. The molecule has 2 atom stereocenters. The molecule has 1 fully saturated rings. The number of piperidine rings is 1. The van der Waals surface area contributed by atoms with Gasteiger partial charge in [-0.3, -0.25) is 0 Å². The highest BCUT2D eigenvalue weighted by Crippen LogP contribution is 2.15. The largest absolute Gasteiger partial charge is 0.386 e. The minimum Gasteiger partial charge on any atom is -0.386 e.